The highest BCUT2D eigenvalue weighted by Gasteiger charge is 2.28. The van der Waals surface area contributed by atoms with Crippen LogP contribution in [0, 0.1) is 10.7 Å². The minimum absolute atomic E-state index is 0.00906. The maximum atomic E-state index is 12.6. The molecule has 2 amide bonds. The number of carbonyl (C=O) groups is 2. The molecule has 1 saturated heterocycles. The number of rotatable bonds is 9. The predicted octanol–water partition coefficient (Wildman–Crippen LogP) is 2.33. The third kappa shape index (κ3) is 5.91. The molecule has 9 heteroatoms. The van der Waals surface area contributed by atoms with Crippen molar-refractivity contribution in [3.63, 3.8) is 0 Å². The minimum Gasteiger partial charge on any atom is -0.493 e. The monoisotopic (exact) mass is 431 g/mol. The summed E-state index contributed by atoms with van der Waals surface area (Å²) in [6, 6.07) is 9.45. The molecule has 1 aliphatic heterocycles. The minimum atomic E-state index is -0.176. The Hall–Kier alpha value is -2.68. The summed E-state index contributed by atoms with van der Waals surface area (Å²) in [7, 11) is 0. The molecular weight excluding hydrogens is 402 g/mol. The van der Waals surface area contributed by atoms with E-state index in [-0.39, 0.29) is 17.7 Å². The molecule has 1 aromatic heterocycles. The zero-order chi connectivity index (χ0) is 21.3. The predicted molar refractivity (Wildman–Crippen MR) is 116 cm³/mol. The van der Waals surface area contributed by atoms with Crippen LogP contribution in [0.1, 0.15) is 32.0 Å². The molecule has 0 saturated carbocycles. The van der Waals surface area contributed by atoms with Crippen molar-refractivity contribution in [3.8, 4) is 5.75 Å². The van der Waals surface area contributed by atoms with Crippen molar-refractivity contribution in [1.82, 2.24) is 25.0 Å². The van der Waals surface area contributed by atoms with Gasteiger partial charge in [0.25, 0.3) is 0 Å². The van der Waals surface area contributed by atoms with Gasteiger partial charge in [-0.05, 0) is 44.1 Å². The van der Waals surface area contributed by atoms with E-state index in [0.717, 1.165) is 31.0 Å². The van der Waals surface area contributed by atoms with Crippen molar-refractivity contribution in [2.45, 2.75) is 39.2 Å². The normalized spacial score (nSPS) is 16.3. The van der Waals surface area contributed by atoms with E-state index in [2.05, 4.69) is 15.5 Å². The Balaban J connectivity index is 1.41. The molecule has 1 unspecified atom stereocenters. The first-order valence-electron chi connectivity index (χ1n) is 10.5. The molecule has 0 spiro atoms. The molecule has 0 radical (unpaired) electrons. The summed E-state index contributed by atoms with van der Waals surface area (Å²) in [6.45, 7) is 4.73. The molecule has 1 fully saturated rings. The topological polar surface area (TPSA) is 92.2 Å². The Morgan fingerprint density at radius 1 is 1.33 bits per heavy atom. The fraction of sp³-hybridized carbons (Fsp3) is 0.524. The first-order valence-corrected chi connectivity index (χ1v) is 10.9. The number of benzene rings is 1. The van der Waals surface area contributed by atoms with E-state index in [0.29, 0.717) is 43.9 Å². The lowest BCUT2D eigenvalue weighted by atomic mass is 9.97. The van der Waals surface area contributed by atoms with Gasteiger partial charge in [0.15, 0.2) is 4.77 Å². The highest BCUT2D eigenvalue weighted by atomic mass is 32.1. The summed E-state index contributed by atoms with van der Waals surface area (Å²) in [5, 5.41) is 9.98. The van der Waals surface area contributed by atoms with Crippen molar-refractivity contribution in [3.05, 3.63) is 40.9 Å². The summed E-state index contributed by atoms with van der Waals surface area (Å²) in [5.41, 5.74) is 0. The second-order valence-corrected chi connectivity index (χ2v) is 7.71. The molecule has 2 aromatic rings. The first kappa shape index (κ1) is 22.0. The fourth-order valence-corrected chi connectivity index (χ4v) is 3.94. The van der Waals surface area contributed by atoms with Crippen molar-refractivity contribution in [2.75, 3.05) is 26.2 Å². The van der Waals surface area contributed by atoms with Crippen LogP contribution in [-0.2, 0) is 22.6 Å². The molecular formula is C21H29N5O3S. The number of piperidine rings is 1. The molecule has 0 bridgehead atoms. The first-order chi connectivity index (χ1) is 14.6. The molecule has 1 aliphatic rings. The number of hydrogen-bond donors (Lipinski definition) is 2. The van der Waals surface area contributed by atoms with Gasteiger partial charge < -0.3 is 19.5 Å². The summed E-state index contributed by atoms with van der Waals surface area (Å²) in [5.74, 6) is 1.43. The molecule has 162 valence electrons. The van der Waals surface area contributed by atoms with Crippen LogP contribution in [0.3, 0.4) is 0 Å². The van der Waals surface area contributed by atoms with Gasteiger partial charge in [-0.25, -0.2) is 0 Å². The van der Waals surface area contributed by atoms with E-state index < -0.39 is 0 Å². The number of nitrogens with zero attached hydrogens (tertiary/aromatic N) is 3. The van der Waals surface area contributed by atoms with Crippen LogP contribution in [-0.4, -0.2) is 57.7 Å². The Bertz CT molecular complexity index is 896. The van der Waals surface area contributed by atoms with Crippen molar-refractivity contribution in [1.29, 1.82) is 0 Å². The van der Waals surface area contributed by atoms with Gasteiger partial charge in [-0.15, -0.1) is 0 Å². The lowest BCUT2D eigenvalue weighted by Gasteiger charge is -2.32. The molecule has 1 aromatic carbocycles. The second-order valence-electron chi connectivity index (χ2n) is 7.32. The van der Waals surface area contributed by atoms with E-state index in [1.165, 1.54) is 0 Å². The van der Waals surface area contributed by atoms with Crippen molar-refractivity contribution >= 4 is 24.0 Å². The van der Waals surface area contributed by atoms with Crippen LogP contribution in [0.4, 0.5) is 0 Å². The highest BCUT2D eigenvalue weighted by molar-refractivity contribution is 7.71. The fourth-order valence-electron chi connectivity index (χ4n) is 3.66. The number of amides is 2. The zero-order valence-electron chi connectivity index (χ0n) is 17.3. The van der Waals surface area contributed by atoms with Crippen molar-refractivity contribution < 1.29 is 14.3 Å². The maximum Gasteiger partial charge on any atom is 0.226 e. The highest BCUT2D eigenvalue weighted by Crippen LogP contribution is 2.18. The van der Waals surface area contributed by atoms with Crippen LogP contribution >= 0.6 is 12.2 Å². The van der Waals surface area contributed by atoms with Gasteiger partial charge in [-0.3, -0.25) is 14.7 Å². The van der Waals surface area contributed by atoms with E-state index in [9.17, 15) is 9.59 Å². The van der Waals surface area contributed by atoms with Gasteiger partial charge >= 0.3 is 0 Å². The Kier molecular flexibility index (Phi) is 8.01. The van der Waals surface area contributed by atoms with E-state index in [1.54, 1.807) is 4.90 Å². The van der Waals surface area contributed by atoms with Crippen molar-refractivity contribution in [2.24, 2.45) is 5.92 Å². The average Bonchev–Trinajstić information content (AvgIpc) is 3.13. The molecule has 30 heavy (non-hydrogen) atoms. The Labute approximate surface area is 181 Å². The Morgan fingerprint density at radius 3 is 2.90 bits per heavy atom. The van der Waals surface area contributed by atoms with Crippen LogP contribution in [0.5, 0.6) is 5.75 Å². The zero-order valence-corrected chi connectivity index (χ0v) is 18.1. The smallest absolute Gasteiger partial charge is 0.226 e. The Morgan fingerprint density at radius 2 is 2.13 bits per heavy atom. The molecule has 2 N–H and O–H groups in total. The standard InChI is InChI=1S/C21H29N5O3S/c1-2-26-18(23-24-21(26)30)10-12-22-20(28)16-7-6-13-25(15-16)19(27)11-14-29-17-8-4-3-5-9-17/h3-5,8-9,16H,2,6-7,10-15H2,1H3,(H,22,28)(H,24,30). The van der Waals surface area contributed by atoms with Crippen LogP contribution in [0.2, 0.25) is 0 Å². The number of hydrogen-bond acceptors (Lipinski definition) is 5. The van der Waals surface area contributed by atoms with Gasteiger partial charge in [-0.1, -0.05) is 18.2 Å². The van der Waals surface area contributed by atoms with Crippen LogP contribution < -0.4 is 10.1 Å². The largest absolute Gasteiger partial charge is 0.493 e. The number of aromatic nitrogens is 3. The van der Waals surface area contributed by atoms with Gasteiger partial charge in [0.05, 0.1) is 18.9 Å². The van der Waals surface area contributed by atoms with E-state index in [1.807, 2.05) is 41.8 Å². The summed E-state index contributed by atoms with van der Waals surface area (Å²) in [6.07, 6.45) is 2.55. The molecule has 0 aliphatic carbocycles. The summed E-state index contributed by atoms with van der Waals surface area (Å²) >= 11 is 5.18. The number of para-hydroxylation sites is 1. The van der Waals surface area contributed by atoms with Gasteiger partial charge in [0, 0.05) is 32.6 Å². The van der Waals surface area contributed by atoms with Gasteiger partial charge in [0.1, 0.15) is 11.6 Å². The number of ether oxygens (including phenoxy) is 1. The van der Waals surface area contributed by atoms with E-state index in [4.69, 9.17) is 17.0 Å². The van der Waals surface area contributed by atoms with E-state index >= 15 is 0 Å². The number of aromatic amines is 1. The van der Waals surface area contributed by atoms with Crippen LogP contribution in [0.25, 0.3) is 0 Å². The molecule has 1 atom stereocenters. The lowest BCUT2D eigenvalue weighted by molar-refractivity contribution is -0.136. The third-order valence-electron chi connectivity index (χ3n) is 5.27. The number of carbonyl (C=O) groups excluding carboxylic acids is 2. The second kappa shape index (κ2) is 10.9. The number of nitrogens with one attached hydrogen (secondary N) is 2. The average molecular weight is 432 g/mol. The summed E-state index contributed by atoms with van der Waals surface area (Å²) in [4.78, 5) is 26.9. The molecule has 3 rings (SSSR count). The van der Waals surface area contributed by atoms with Gasteiger partial charge in [-0.2, -0.15) is 5.10 Å². The summed E-state index contributed by atoms with van der Waals surface area (Å²) < 4.78 is 8.12. The number of H-pyrrole nitrogens is 1. The molecule has 2 heterocycles. The van der Waals surface area contributed by atoms with Gasteiger partial charge in [0.2, 0.25) is 11.8 Å². The lowest BCUT2D eigenvalue weighted by Crippen LogP contribution is -2.46. The number of likely N-dealkylation sites (tertiary alicyclic amines) is 1. The molecule has 8 nitrogen and oxygen atoms in total. The quantitative estimate of drug-likeness (QED) is 0.595. The third-order valence-corrected chi connectivity index (χ3v) is 5.59. The SMILES string of the molecule is CCn1c(CCNC(=O)C2CCCN(C(=O)CCOc3ccccc3)C2)n[nH]c1=S. The van der Waals surface area contributed by atoms with Crippen LogP contribution in [0.15, 0.2) is 30.3 Å². The maximum absolute atomic E-state index is 12.6.